The second-order valence-electron chi connectivity index (χ2n) is 5.66. The van der Waals surface area contributed by atoms with Crippen LogP contribution >= 0.6 is 11.6 Å². The predicted octanol–water partition coefficient (Wildman–Crippen LogP) is 4.22. The molecular formula is C18H14ClNO2. The lowest BCUT2D eigenvalue weighted by Crippen LogP contribution is -2.40. The topological polar surface area (TPSA) is 38.3 Å². The molecule has 110 valence electrons. The van der Waals surface area contributed by atoms with E-state index in [0.29, 0.717) is 11.6 Å². The van der Waals surface area contributed by atoms with E-state index in [1.54, 1.807) is 0 Å². The zero-order valence-electron chi connectivity index (χ0n) is 12.0. The molecule has 2 aromatic rings. The first-order valence-corrected chi connectivity index (χ1v) is 7.52. The zero-order valence-corrected chi connectivity index (χ0v) is 12.8. The Bertz CT molecular complexity index is 813. The molecule has 1 aliphatic heterocycles. The van der Waals surface area contributed by atoms with Gasteiger partial charge in [-0.2, -0.15) is 0 Å². The van der Waals surface area contributed by atoms with E-state index in [2.05, 4.69) is 24.4 Å². The van der Waals surface area contributed by atoms with E-state index in [-0.39, 0.29) is 6.09 Å². The fourth-order valence-electron chi connectivity index (χ4n) is 3.56. The first kappa shape index (κ1) is 13.4. The number of hydrogen-bond acceptors (Lipinski definition) is 2. The van der Waals surface area contributed by atoms with Gasteiger partial charge in [0.2, 0.25) is 0 Å². The minimum Gasteiger partial charge on any atom is -0.446 e. The van der Waals surface area contributed by atoms with Gasteiger partial charge in [-0.3, -0.25) is 0 Å². The maximum absolute atomic E-state index is 11.8. The maximum Gasteiger partial charge on any atom is 0.408 e. The van der Waals surface area contributed by atoms with Gasteiger partial charge in [-0.1, -0.05) is 48.0 Å². The van der Waals surface area contributed by atoms with Crippen molar-refractivity contribution >= 4 is 28.8 Å². The van der Waals surface area contributed by atoms with Crippen LogP contribution in [0.5, 0.6) is 0 Å². The molecule has 22 heavy (non-hydrogen) atoms. The predicted molar refractivity (Wildman–Crippen MR) is 86.5 cm³/mol. The molecule has 4 rings (SSSR count). The van der Waals surface area contributed by atoms with Crippen LogP contribution in [0.3, 0.4) is 0 Å². The lowest BCUT2D eigenvalue weighted by molar-refractivity contribution is 0.175. The molecule has 1 heterocycles. The van der Waals surface area contributed by atoms with E-state index >= 15 is 0 Å². The SMILES string of the molecule is CC1=C(c2ccccc2)[C@@]2(COC(=O)N2)c2ccc(Cl)cc21. The Labute approximate surface area is 133 Å². The highest BCUT2D eigenvalue weighted by Gasteiger charge is 2.50. The number of rotatable bonds is 1. The third-order valence-corrected chi connectivity index (χ3v) is 4.68. The summed E-state index contributed by atoms with van der Waals surface area (Å²) in [4.78, 5) is 11.8. The third kappa shape index (κ3) is 1.72. The molecule has 1 N–H and O–H groups in total. The molecule has 1 aliphatic carbocycles. The lowest BCUT2D eigenvalue weighted by Gasteiger charge is -2.27. The highest BCUT2D eigenvalue weighted by atomic mass is 35.5. The van der Waals surface area contributed by atoms with Gasteiger partial charge in [0.1, 0.15) is 12.1 Å². The van der Waals surface area contributed by atoms with Gasteiger partial charge < -0.3 is 10.1 Å². The van der Waals surface area contributed by atoms with Crippen molar-refractivity contribution in [2.45, 2.75) is 12.5 Å². The number of hydrogen-bond donors (Lipinski definition) is 1. The summed E-state index contributed by atoms with van der Waals surface area (Å²) in [6.07, 6.45) is -0.385. The van der Waals surface area contributed by atoms with E-state index in [9.17, 15) is 4.79 Å². The first-order valence-electron chi connectivity index (χ1n) is 7.14. The Morgan fingerprint density at radius 1 is 1.18 bits per heavy atom. The summed E-state index contributed by atoms with van der Waals surface area (Å²) >= 11 is 6.16. The minimum atomic E-state index is -0.623. The molecule has 1 fully saturated rings. The van der Waals surface area contributed by atoms with Crippen molar-refractivity contribution in [1.82, 2.24) is 5.32 Å². The molecule has 0 aromatic heterocycles. The van der Waals surface area contributed by atoms with E-state index in [1.165, 1.54) is 0 Å². The van der Waals surface area contributed by atoms with Gasteiger partial charge in [-0.15, -0.1) is 0 Å². The molecular weight excluding hydrogens is 298 g/mol. The van der Waals surface area contributed by atoms with Gasteiger partial charge in [-0.25, -0.2) is 4.79 Å². The summed E-state index contributed by atoms with van der Waals surface area (Å²) in [7, 11) is 0. The molecule has 1 atom stereocenters. The van der Waals surface area contributed by atoms with E-state index < -0.39 is 5.54 Å². The van der Waals surface area contributed by atoms with Crippen LogP contribution in [0.25, 0.3) is 11.1 Å². The summed E-state index contributed by atoms with van der Waals surface area (Å²) in [5.41, 5.74) is 4.77. The van der Waals surface area contributed by atoms with Crippen molar-refractivity contribution in [2.24, 2.45) is 0 Å². The number of halogens is 1. The standard InChI is InChI=1S/C18H14ClNO2/c1-11-14-9-13(19)7-8-15(14)18(10-22-17(21)20-18)16(11)12-5-3-2-4-6-12/h2-9H,10H2,1H3,(H,20,21)/t18-/m1/s1. The second-order valence-corrected chi connectivity index (χ2v) is 6.10. The zero-order chi connectivity index (χ0) is 15.3. The minimum absolute atomic E-state index is 0.294. The van der Waals surface area contributed by atoms with Crippen LogP contribution < -0.4 is 5.32 Å². The Kier molecular flexibility index (Phi) is 2.81. The number of nitrogens with one attached hydrogen (secondary N) is 1. The maximum atomic E-state index is 11.8. The van der Waals surface area contributed by atoms with Crippen LogP contribution in [-0.2, 0) is 10.3 Å². The summed E-state index contributed by atoms with van der Waals surface area (Å²) < 4.78 is 5.26. The van der Waals surface area contributed by atoms with Crippen LogP contribution in [0.1, 0.15) is 23.6 Å². The van der Waals surface area contributed by atoms with Crippen molar-refractivity contribution in [1.29, 1.82) is 0 Å². The largest absolute Gasteiger partial charge is 0.446 e. The highest BCUT2D eigenvalue weighted by molar-refractivity contribution is 6.31. The Morgan fingerprint density at radius 2 is 1.95 bits per heavy atom. The van der Waals surface area contributed by atoms with Crippen LogP contribution in [0.15, 0.2) is 48.5 Å². The smallest absolute Gasteiger partial charge is 0.408 e. The molecule has 4 heteroatoms. The Hall–Kier alpha value is -2.26. The second kappa shape index (κ2) is 4.62. The number of allylic oxidation sites excluding steroid dienone is 1. The number of alkyl carbamates (subject to hydrolysis) is 1. The highest BCUT2D eigenvalue weighted by Crippen LogP contribution is 2.51. The molecule has 0 saturated carbocycles. The molecule has 0 bridgehead atoms. The van der Waals surface area contributed by atoms with Crippen molar-refractivity contribution in [3.8, 4) is 0 Å². The van der Waals surface area contributed by atoms with Crippen molar-refractivity contribution in [3.63, 3.8) is 0 Å². The van der Waals surface area contributed by atoms with Crippen molar-refractivity contribution in [2.75, 3.05) is 6.61 Å². The Balaban J connectivity index is 2.01. The number of fused-ring (bicyclic) bond motifs is 2. The van der Waals surface area contributed by atoms with Gasteiger partial charge in [0.15, 0.2) is 0 Å². The first-order chi connectivity index (χ1) is 10.6. The molecule has 0 radical (unpaired) electrons. The fraction of sp³-hybridized carbons (Fsp3) is 0.167. The fourth-order valence-corrected chi connectivity index (χ4v) is 3.73. The van der Waals surface area contributed by atoms with E-state index in [4.69, 9.17) is 16.3 Å². The molecule has 1 amide bonds. The van der Waals surface area contributed by atoms with Crippen LogP contribution in [0.2, 0.25) is 5.02 Å². The van der Waals surface area contributed by atoms with E-state index in [0.717, 1.165) is 27.8 Å². The van der Waals surface area contributed by atoms with Gasteiger partial charge >= 0.3 is 6.09 Å². The summed E-state index contributed by atoms with van der Waals surface area (Å²) in [6, 6.07) is 15.9. The molecule has 1 spiro atoms. The monoisotopic (exact) mass is 311 g/mol. The number of carbonyl (C=O) groups excluding carboxylic acids is 1. The number of cyclic esters (lactones) is 1. The van der Waals surface area contributed by atoms with Gasteiger partial charge in [0.25, 0.3) is 0 Å². The molecule has 0 unspecified atom stereocenters. The van der Waals surface area contributed by atoms with E-state index in [1.807, 2.05) is 36.4 Å². The quantitative estimate of drug-likeness (QED) is 0.856. The van der Waals surface area contributed by atoms with Gasteiger partial charge in [0, 0.05) is 5.02 Å². The molecule has 2 aromatic carbocycles. The van der Waals surface area contributed by atoms with Gasteiger partial charge in [0.05, 0.1) is 0 Å². The summed E-state index contributed by atoms with van der Waals surface area (Å²) in [5, 5.41) is 3.71. The average Bonchev–Trinajstić information content (AvgIpc) is 3.00. The van der Waals surface area contributed by atoms with Crippen molar-refractivity contribution < 1.29 is 9.53 Å². The lowest BCUT2D eigenvalue weighted by atomic mass is 9.84. The van der Waals surface area contributed by atoms with Crippen molar-refractivity contribution in [3.05, 3.63) is 70.2 Å². The number of amides is 1. The normalized spacial score (nSPS) is 22.7. The van der Waals surface area contributed by atoms with Gasteiger partial charge in [-0.05, 0) is 46.9 Å². The third-order valence-electron chi connectivity index (χ3n) is 4.44. The van der Waals surface area contributed by atoms with Crippen LogP contribution in [0.4, 0.5) is 4.79 Å². The number of carbonyl (C=O) groups is 1. The molecule has 3 nitrogen and oxygen atoms in total. The molecule has 1 saturated heterocycles. The molecule has 2 aliphatic rings. The average molecular weight is 312 g/mol. The Morgan fingerprint density at radius 3 is 2.64 bits per heavy atom. The number of ether oxygens (including phenoxy) is 1. The summed E-state index contributed by atoms with van der Waals surface area (Å²) in [5.74, 6) is 0. The summed E-state index contributed by atoms with van der Waals surface area (Å²) in [6.45, 7) is 2.36. The van der Waals surface area contributed by atoms with Crippen LogP contribution in [-0.4, -0.2) is 12.7 Å². The number of benzene rings is 2. The van der Waals surface area contributed by atoms with Crippen LogP contribution in [0, 0.1) is 0 Å².